The zero-order valence-corrected chi connectivity index (χ0v) is 15.5. The molecular formula is C19H19ClN4O3. The van der Waals surface area contributed by atoms with Crippen LogP contribution in [0.5, 0.6) is 5.88 Å². The third kappa shape index (κ3) is 3.79. The van der Waals surface area contributed by atoms with E-state index in [1.807, 2.05) is 18.2 Å². The molecule has 0 spiro atoms. The zero-order valence-electron chi connectivity index (χ0n) is 14.7. The number of Topliss-reactive ketones (excluding diaryl/α,β-unsaturated/α-hetero) is 2. The van der Waals surface area contributed by atoms with Crippen LogP contribution in [-0.2, 0) is 9.59 Å². The molecule has 0 unspecified atom stereocenters. The van der Waals surface area contributed by atoms with Crippen LogP contribution >= 0.6 is 11.6 Å². The first-order valence-electron chi connectivity index (χ1n) is 8.96. The lowest BCUT2D eigenvalue weighted by Crippen LogP contribution is -2.25. The van der Waals surface area contributed by atoms with Crippen molar-refractivity contribution < 1.29 is 14.3 Å². The summed E-state index contributed by atoms with van der Waals surface area (Å²) in [6, 6.07) is 5.57. The highest BCUT2D eigenvalue weighted by Crippen LogP contribution is 2.32. The number of likely N-dealkylation sites (tertiary alicyclic amines) is 1. The maximum atomic E-state index is 12.2. The Morgan fingerprint density at radius 3 is 2.81 bits per heavy atom. The van der Waals surface area contributed by atoms with E-state index < -0.39 is 0 Å². The lowest BCUT2D eigenvalue weighted by molar-refractivity contribution is -0.121. The van der Waals surface area contributed by atoms with Crippen molar-refractivity contribution in [3.8, 4) is 5.88 Å². The van der Waals surface area contributed by atoms with E-state index in [0.717, 1.165) is 25.2 Å². The second kappa shape index (κ2) is 7.62. The van der Waals surface area contributed by atoms with Crippen LogP contribution in [0.25, 0.3) is 5.52 Å². The number of hydrogen-bond donors (Lipinski definition) is 0. The van der Waals surface area contributed by atoms with E-state index in [1.165, 1.54) is 18.9 Å². The van der Waals surface area contributed by atoms with Gasteiger partial charge in [0.1, 0.15) is 12.3 Å². The Morgan fingerprint density at radius 2 is 2.00 bits per heavy atom. The molecule has 1 aliphatic carbocycles. The molecule has 1 saturated heterocycles. The SMILES string of the molecule is O=C1CC(=O)C(=Nc2c(OCCN3CCCC3)nn3ccccc23)C=C1Cl. The van der Waals surface area contributed by atoms with E-state index >= 15 is 0 Å². The lowest BCUT2D eigenvalue weighted by atomic mass is 10.0. The predicted molar refractivity (Wildman–Crippen MR) is 102 cm³/mol. The van der Waals surface area contributed by atoms with Crippen molar-refractivity contribution in [3.63, 3.8) is 0 Å². The Balaban J connectivity index is 1.65. The highest BCUT2D eigenvalue weighted by Gasteiger charge is 2.25. The van der Waals surface area contributed by atoms with Gasteiger partial charge in [-0.05, 0) is 44.1 Å². The van der Waals surface area contributed by atoms with Crippen LogP contribution in [0.15, 0.2) is 40.5 Å². The van der Waals surface area contributed by atoms with Gasteiger partial charge >= 0.3 is 0 Å². The zero-order chi connectivity index (χ0) is 18.8. The normalized spacial score (nSPS) is 19.9. The van der Waals surface area contributed by atoms with Gasteiger partial charge in [0.15, 0.2) is 17.3 Å². The lowest BCUT2D eigenvalue weighted by Gasteiger charge is -2.14. The summed E-state index contributed by atoms with van der Waals surface area (Å²) < 4.78 is 7.56. The Hall–Kier alpha value is -2.51. The van der Waals surface area contributed by atoms with Gasteiger partial charge in [-0.1, -0.05) is 17.7 Å². The number of rotatable bonds is 5. The molecule has 2 aromatic heterocycles. The Bertz CT molecular complexity index is 957. The monoisotopic (exact) mass is 386 g/mol. The third-order valence-electron chi connectivity index (χ3n) is 4.70. The number of allylic oxidation sites excluding steroid dienone is 2. The molecule has 1 aliphatic heterocycles. The van der Waals surface area contributed by atoms with Gasteiger partial charge in [0, 0.05) is 12.7 Å². The second-order valence-electron chi connectivity index (χ2n) is 6.59. The number of nitrogens with zero attached hydrogens (tertiary/aromatic N) is 4. The van der Waals surface area contributed by atoms with Gasteiger partial charge < -0.3 is 4.74 Å². The van der Waals surface area contributed by atoms with Crippen molar-refractivity contribution in [1.29, 1.82) is 0 Å². The number of aliphatic imine (C=N–C) groups is 1. The summed E-state index contributed by atoms with van der Waals surface area (Å²) in [5.74, 6) is -0.382. The molecule has 27 heavy (non-hydrogen) atoms. The minimum Gasteiger partial charge on any atom is -0.474 e. The first kappa shape index (κ1) is 17.9. The standard InChI is InChI=1S/C19H19ClN4O3/c20-13-11-14(17(26)12-16(13)25)21-18-15-5-1-2-8-24(15)22-19(18)27-10-9-23-6-3-4-7-23/h1-2,5,8,11H,3-4,6-7,9-10,12H2. The van der Waals surface area contributed by atoms with Crippen molar-refractivity contribution in [3.05, 3.63) is 35.5 Å². The minimum atomic E-state index is -0.387. The number of pyridine rings is 1. The van der Waals surface area contributed by atoms with Gasteiger partial charge in [-0.3, -0.25) is 14.5 Å². The van der Waals surface area contributed by atoms with Gasteiger partial charge in [0.05, 0.1) is 17.0 Å². The Kier molecular flexibility index (Phi) is 5.05. The van der Waals surface area contributed by atoms with Crippen LogP contribution in [0.1, 0.15) is 19.3 Å². The van der Waals surface area contributed by atoms with Crippen molar-refractivity contribution >= 4 is 40.1 Å². The quantitative estimate of drug-likeness (QED) is 0.738. The molecule has 0 aromatic carbocycles. The summed E-state index contributed by atoms with van der Waals surface area (Å²) in [4.78, 5) is 30.6. The van der Waals surface area contributed by atoms with E-state index in [1.54, 1.807) is 10.7 Å². The van der Waals surface area contributed by atoms with Crippen molar-refractivity contribution in [2.45, 2.75) is 19.3 Å². The van der Waals surface area contributed by atoms with Gasteiger partial charge in [-0.2, -0.15) is 0 Å². The molecule has 3 heterocycles. The third-order valence-corrected chi connectivity index (χ3v) is 5.02. The topological polar surface area (TPSA) is 76.3 Å². The van der Waals surface area contributed by atoms with Crippen molar-refractivity contribution in [2.24, 2.45) is 4.99 Å². The molecule has 0 N–H and O–H groups in total. The van der Waals surface area contributed by atoms with E-state index in [9.17, 15) is 9.59 Å². The maximum absolute atomic E-state index is 12.2. The van der Waals surface area contributed by atoms with Crippen LogP contribution in [-0.4, -0.2) is 58.0 Å². The summed E-state index contributed by atoms with van der Waals surface area (Å²) in [5, 5.41) is 4.45. The Labute approximate surface area is 161 Å². The van der Waals surface area contributed by atoms with Gasteiger partial charge in [-0.15, -0.1) is 5.10 Å². The molecule has 0 amide bonds. The number of fused-ring (bicyclic) bond motifs is 1. The molecule has 1 fully saturated rings. The summed E-state index contributed by atoms with van der Waals surface area (Å²) in [6.07, 6.45) is 5.29. The molecule has 2 aromatic rings. The average molecular weight is 387 g/mol. The highest BCUT2D eigenvalue weighted by atomic mass is 35.5. The largest absolute Gasteiger partial charge is 0.474 e. The fourth-order valence-electron chi connectivity index (χ4n) is 3.26. The predicted octanol–water partition coefficient (Wildman–Crippen LogP) is 2.55. The summed E-state index contributed by atoms with van der Waals surface area (Å²) in [7, 11) is 0. The summed E-state index contributed by atoms with van der Waals surface area (Å²) >= 11 is 5.90. The van der Waals surface area contributed by atoms with Gasteiger partial charge in [0.2, 0.25) is 0 Å². The van der Waals surface area contributed by atoms with Crippen LogP contribution < -0.4 is 4.74 Å². The number of halogens is 1. The number of carbonyl (C=O) groups excluding carboxylic acids is 2. The highest BCUT2D eigenvalue weighted by molar-refractivity contribution is 6.57. The van der Waals surface area contributed by atoms with Crippen LogP contribution in [0.4, 0.5) is 5.69 Å². The fourth-order valence-corrected chi connectivity index (χ4v) is 3.43. The molecule has 2 aliphatic rings. The number of carbonyl (C=O) groups is 2. The van der Waals surface area contributed by atoms with Crippen LogP contribution in [0.3, 0.4) is 0 Å². The molecule has 0 bridgehead atoms. The molecule has 0 saturated carbocycles. The number of hydrogen-bond acceptors (Lipinski definition) is 6. The summed E-state index contributed by atoms with van der Waals surface area (Å²) in [6.45, 7) is 3.50. The first-order valence-corrected chi connectivity index (χ1v) is 9.34. The number of ether oxygens (including phenoxy) is 1. The molecule has 4 rings (SSSR count). The molecule has 0 atom stereocenters. The number of aromatic nitrogens is 2. The van der Waals surface area contributed by atoms with Crippen LogP contribution in [0, 0.1) is 0 Å². The first-order chi connectivity index (χ1) is 13.1. The van der Waals surface area contributed by atoms with Crippen LogP contribution in [0.2, 0.25) is 0 Å². The van der Waals surface area contributed by atoms with Crippen molar-refractivity contribution in [1.82, 2.24) is 14.5 Å². The van der Waals surface area contributed by atoms with E-state index in [4.69, 9.17) is 16.3 Å². The maximum Gasteiger partial charge on any atom is 0.260 e. The smallest absolute Gasteiger partial charge is 0.260 e. The molecule has 140 valence electrons. The molecule has 0 radical (unpaired) electrons. The van der Waals surface area contributed by atoms with Crippen molar-refractivity contribution in [2.75, 3.05) is 26.2 Å². The van der Waals surface area contributed by atoms with E-state index in [0.29, 0.717) is 18.2 Å². The Morgan fingerprint density at radius 1 is 1.19 bits per heavy atom. The van der Waals surface area contributed by atoms with E-state index in [2.05, 4.69) is 15.0 Å². The summed E-state index contributed by atoms with van der Waals surface area (Å²) in [5.41, 5.74) is 1.33. The number of ketones is 2. The molecule has 7 nitrogen and oxygen atoms in total. The minimum absolute atomic E-state index is 0.0151. The average Bonchev–Trinajstić information content (AvgIpc) is 3.28. The van der Waals surface area contributed by atoms with E-state index in [-0.39, 0.29) is 28.7 Å². The molecule has 8 heteroatoms. The van der Waals surface area contributed by atoms with Gasteiger partial charge in [0.25, 0.3) is 5.88 Å². The second-order valence-corrected chi connectivity index (χ2v) is 7.00. The molecular weight excluding hydrogens is 368 g/mol. The van der Waals surface area contributed by atoms with Gasteiger partial charge in [-0.25, -0.2) is 9.51 Å². The fraction of sp³-hybridized carbons (Fsp3) is 0.368.